The zero-order valence-electron chi connectivity index (χ0n) is 10.3. The van der Waals surface area contributed by atoms with Crippen LogP contribution in [0, 0.1) is 0 Å². The first-order chi connectivity index (χ1) is 8.12. The summed E-state index contributed by atoms with van der Waals surface area (Å²) in [5.74, 6) is 0.937. The number of benzene rings is 1. The first-order valence-electron chi connectivity index (χ1n) is 5.21. The van der Waals surface area contributed by atoms with Crippen molar-refractivity contribution in [1.82, 2.24) is 4.90 Å². The third-order valence-electron chi connectivity index (χ3n) is 2.38. The van der Waals surface area contributed by atoms with E-state index in [1.54, 1.807) is 25.2 Å². The average molecular weight is 239 g/mol. The molecule has 94 valence electrons. The Morgan fingerprint density at radius 2 is 1.76 bits per heavy atom. The predicted molar refractivity (Wildman–Crippen MR) is 63.6 cm³/mol. The topological polar surface area (TPSA) is 59.0 Å². The smallest absolute Gasteiger partial charge is 0.253 e. The number of carbonyl (C=O) groups is 1. The van der Waals surface area contributed by atoms with Crippen LogP contribution in [0.1, 0.15) is 10.4 Å². The van der Waals surface area contributed by atoms with Gasteiger partial charge in [-0.2, -0.15) is 0 Å². The van der Waals surface area contributed by atoms with Crippen molar-refractivity contribution < 1.29 is 19.4 Å². The van der Waals surface area contributed by atoms with Gasteiger partial charge in [0.15, 0.2) is 0 Å². The number of carbonyl (C=O) groups excluding carboxylic acids is 1. The maximum atomic E-state index is 12.0. The molecule has 0 saturated carbocycles. The summed E-state index contributed by atoms with van der Waals surface area (Å²) in [5, 5.41) is 8.79. The minimum Gasteiger partial charge on any atom is -0.497 e. The van der Waals surface area contributed by atoms with Gasteiger partial charge in [0, 0.05) is 25.2 Å². The molecule has 1 amide bonds. The van der Waals surface area contributed by atoms with Crippen LogP contribution in [0.25, 0.3) is 0 Å². The third kappa shape index (κ3) is 3.35. The molecule has 17 heavy (non-hydrogen) atoms. The van der Waals surface area contributed by atoms with Crippen molar-refractivity contribution in [2.24, 2.45) is 0 Å². The lowest BCUT2D eigenvalue weighted by Gasteiger charge is -2.16. The summed E-state index contributed by atoms with van der Waals surface area (Å²) in [4.78, 5) is 13.4. The fourth-order valence-electron chi connectivity index (χ4n) is 1.40. The van der Waals surface area contributed by atoms with Gasteiger partial charge >= 0.3 is 0 Å². The molecule has 0 aromatic heterocycles. The van der Waals surface area contributed by atoms with Crippen LogP contribution < -0.4 is 9.47 Å². The second kappa shape index (κ2) is 6.10. The van der Waals surface area contributed by atoms with E-state index in [2.05, 4.69) is 0 Å². The maximum Gasteiger partial charge on any atom is 0.253 e. The summed E-state index contributed by atoms with van der Waals surface area (Å²) in [6.45, 7) is 0.224. The molecule has 5 nitrogen and oxygen atoms in total. The first-order valence-corrected chi connectivity index (χ1v) is 5.21. The highest BCUT2D eigenvalue weighted by molar-refractivity contribution is 5.94. The molecule has 0 radical (unpaired) electrons. The molecule has 0 heterocycles. The minimum absolute atomic E-state index is 0.0661. The lowest BCUT2D eigenvalue weighted by atomic mass is 10.1. The Kier molecular flexibility index (Phi) is 4.78. The molecule has 0 aliphatic heterocycles. The summed E-state index contributed by atoms with van der Waals surface area (Å²) in [5.41, 5.74) is 0.470. The van der Waals surface area contributed by atoms with E-state index in [1.807, 2.05) is 0 Å². The third-order valence-corrected chi connectivity index (χ3v) is 2.38. The molecular formula is C12H17NO4. The van der Waals surface area contributed by atoms with E-state index < -0.39 is 0 Å². The van der Waals surface area contributed by atoms with E-state index >= 15 is 0 Å². The van der Waals surface area contributed by atoms with Crippen LogP contribution in [0.3, 0.4) is 0 Å². The minimum atomic E-state index is -0.184. The second-order valence-corrected chi connectivity index (χ2v) is 3.55. The van der Waals surface area contributed by atoms with E-state index in [4.69, 9.17) is 14.6 Å². The largest absolute Gasteiger partial charge is 0.497 e. The van der Waals surface area contributed by atoms with Gasteiger partial charge in [0.05, 0.1) is 20.8 Å². The number of aliphatic hydroxyl groups is 1. The zero-order chi connectivity index (χ0) is 12.8. The highest BCUT2D eigenvalue weighted by atomic mass is 16.5. The summed E-state index contributed by atoms with van der Waals surface area (Å²) < 4.78 is 10.2. The molecule has 0 aliphatic rings. The molecule has 1 aromatic rings. The summed E-state index contributed by atoms with van der Waals surface area (Å²) >= 11 is 0. The van der Waals surface area contributed by atoms with Crippen molar-refractivity contribution >= 4 is 5.91 Å². The number of rotatable bonds is 5. The highest BCUT2D eigenvalue weighted by Crippen LogP contribution is 2.23. The Balaban J connectivity index is 2.99. The molecule has 0 saturated heterocycles. The van der Waals surface area contributed by atoms with E-state index in [9.17, 15) is 4.79 Å². The number of aliphatic hydroxyl groups excluding tert-OH is 1. The Morgan fingerprint density at radius 1 is 1.24 bits per heavy atom. The van der Waals surface area contributed by atoms with Gasteiger partial charge in [-0.1, -0.05) is 0 Å². The Bertz CT molecular complexity index is 370. The number of likely N-dealkylation sites (N-methyl/N-ethyl adjacent to an activating group) is 1. The summed E-state index contributed by atoms with van der Waals surface area (Å²) in [7, 11) is 4.69. The quantitative estimate of drug-likeness (QED) is 0.824. The first kappa shape index (κ1) is 13.3. The van der Waals surface area contributed by atoms with E-state index in [0.717, 1.165) is 0 Å². The van der Waals surface area contributed by atoms with Crippen LogP contribution in [-0.2, 0) is 0 Å². The van der Waals surface area contributed by atoms with E-state index in [-0.39, 0.29) is 12.5 Å². The van der Waals surface area contributed by atoms with Crippen molar-refractivity contribution in [2.45, 2.75) is 0 Å². The maximum absolute atomic E-state index is 12.0. The van der Waals surface area contributed by atoms with Gasteiger partial charge in [-0.15, -0.1) is 0 Å². The molecular weight excluding hydrogens is 222 g/mol. The average Bonchev–Trinajstić information content (AvgIpc) is 2.37. The van der Waals surface area contributed by atoms with Crippen molar-refractivity contribution in [1.29, 1.82) is 0 Å². The Morgan fingerprint density at radius 3 is 2.18 bits per heavy atom. The van der Waals surface area contributed by atoms with Crippen molar-refractivity contribution in [3.05, 3.63) is 23.8 Å². The molecule has 1 rings (SSSR count). The van der Waals surface area contributed by atoms with Crippen molar-refractivity contribution in [2.75, 3.05) is 34.4 Å². The summed E-state index contributed by atoms with van der Waals surface area (Å²) in [6, 6.07) is 4.97. The Labute approximate surface area is 101 Å². The molecule has 0 spiro atoms. The number of ether oxygens (including phenoxy) is 2. The SMILES string of the molecule is COc1cc(OC)cc(C(=O)N(C)CCO)c1. The van der Waals surface area contributed by atoms with Crippen LogP contribution in [0.4, 0.5) is 0 Å². The van der Waals surface area contributed by atoms with Gasteiger partial charge in [-0.25, -0.2) is 0 Å². The molecule has 5 heteroatoms. The second-order valence-electron chi connectivity index (χ2n) is 3.55. The van der Waals surface area contributed by atoms with Crippen LogP contribution in [-0.4, -0.2) is 50.3 Å². The number of nitrogens with zero attached hydrogens (tertiary/aromatic N) is 1. The van der Waals surface area contributed by atoms with Crippen molar-refractivity contribution in [3.8, 4) is 11.5 Å². The van der Waals surface area contributed by atoms with Crippen molar-refractivity contribution in [3.63, 3.8) is 0 Å². The monoisotopic (exact) mass is 239 g/mol. The predicted octanol–water partition coefficient (Wildman–Crippen LogP) is 0.768. The van der Waals surface area contributed by atoms with Gasteiger partial charge < -0.3 is 19.5 Å². The Hall–Kier alpha value is -1.75. The lowest BCUT2D eigenvalue weighted by molar-refractivity contribution is 0.0766. The molecule has 0 bridgehead atoms. The van der Waals surface area contributed by atoms with Crippen LogP contribution >= 0.6 is 0 Å². The van der Waals surface area contributed by atoms with Gasteiger partial charge in [-0.3, -0.25) is 4.79 Å². The molecule has 0 unspecified atom stereocenters. The fourth-order valence-corrected chi connectivity index (χ4v) is 1.40. The van der Waals surface area contributed by atoms with E-state index in [1.165, 1.54) is 19.1 Å². The number of amides is 1. The van der Waals surface area contributed by atoms with Crippen LogP contribution in [0.15, 0.2) is 18.2 Å². The molecule has 0 atom stereocenters. The normalized spacial score (nSPS) is 9.88. The van der Waals surface area contributed by atoms with Crippen LogP contribution in [0.5, 0.6) is 11.5 Å². The van der Waals surface area contributed by atoms with E-state index in [0.29, 0.717) is 23.6 Å². The van der Waals surface area contributed by atoms with Crippen LogP contribution in [0.2, 0.25) is 0 Å². The van der Waals surface area contributed by atoms with Gasteiger partial charge in [0.1, 0.15) is 11.5 Å². The highest BCUT2D eigenvalue weighted by Gasteiger charge is 2.13. The lowest BCUT2D eigenvalue weighted by Crippen LogP contribution is -2.29. The number of methoxy groups -OCH3 is 2. The molecule has 1 N–H and O–H groups in total. The molecule has 0 aliphatic carbocycles. The van der Waals surface area contributed by atoms with Gasteiger partial charge in [-0.05, 0) is 12.1 Å². The zero-order valence-corrected chi connectivity index (χ0v) is 10.3. The standard InChI is InChI=1S/C12H17NO4/c1-13(4-5-14)12(15)9-6-10(16-2)8-11(7-9)17-3/h6-8,14H,4-5H2,1-3H3. The number of hydrogen-bond acceptors (Lipinski definition) is 4. The molecule has 0 fully saturated rings. The number of hydrogen-bond donors (Lipinski definition) is 1. The molecule has 1 aromatic carbocycles. The van der Waals surface area contributed by atoms with Gasteiger partial charge in [0.25, 0.3) is 5.91 Å². The van der Waals surface area contributed by atoms with Gasteiger partial charge in [0.2, 0.25) is 0 Å². The fraction of sp³-hybridized carbons (Fsp3) is 0.417. The summed E-state index contributed by atoms with van der Waals surface area (Å²) in [6.07, 6.45) is 0.